The molecule has 1 aliphatic heterocycles. The summed E-state index contributed by atoms with van der Waals surface area (Å²) < 4.78 is 10.8. The summed E-state index contributed by atoms with van der Waals surface area (Å²) in [6, 6.07) is 7.79. The maximum Gasteiger partial charge on any atom is 0.228 e. The molecule has 2 heterocycles. The van der Waals surface area contributed by atoms with E-state index in [4.69, 9.17) is 9.47 Å². The summed E-state index contributed by atoms with van der Waals surface area (Å²) >= 11 is 1.56. The molecule has 0 spiro atoms. The van der Waals surface area contributed by atoms with Gasteiger partial charge in [-0.2, -0.15) is 0 Å². The normalized spacial score (nSPS) is 16.9. The molecular formula is C18H22N2O3S. The highest BCUT2D eigenvalue weighted by atomic mass is 32.1. The first kappa shape index (κ1) is 16.9. The van der Waals surface area contributed by atoms with E-state index in [1.165, 1.54) is 0 Å². The van der Waals surface area contributed by atoms with Gasteiger partial charge in [-0.15, -0.1) is 11.3 Å². The number of hydrogen-bond donors (Lipinski definition) is 0. The molecular weight excluding hydrogens is 324 g/mol. The largest absolute Gasteiger partial charge is 0.497 e. The Bertz CT molecular complexity index is 709. The summed E-state index contributed by atoms with van der Waals surface area (Å²) in [7, 11) is 1.65. The lowest BCUT2D eigenvalue weighted by molar-refractivity contribution is -0.145. The first-order valence-electron chi connectivity index (χ1n) is 7.97. The fourth-order valence-electron chi connectivity index (χ4n) is 2.75. The van der Waals surface area contributed by atoms with Gasteiger partial charge in [-0.05, 0) is 38.1 Å². The summed E-state index contributed by atoms with van der Waals surface area (Å²) in [5.41, 5.74) is 1.58. The van der Waals surface area contributed by atoms with Crippen LogP contribution in [0, 0.1) is 0 Å². The van der Waals surface area contributed by atoms with E-state index < -0.39 is 0 Å². The van der Waals surface area contributed by atoms with Gasteiger partial charge in [0.25, 0.3) is 0 Å². The van der Waals surface area contributed by atoms with Gasteiger partial charge in [-0.1, -0.05) is 0 Å². The Hall–Kier alpha value is -1.92. The van der Waals surface area contributed by atoms with Crippen molar-refractivity contribution >= 4 is 17.2 Å². The molecule has 3 rings (SSSR count). The number of carbonyl (C=O) groups excluding carboxylic acids is 1. The van der Waals surface area contributed by atoms with Crippen LogP contribution in [0.15, 0.2) is 29.6 Å². The van der Waals surface area contributed by atoms with Crippen LogP contribution in [0.4, 0.5) is 0 Å². The monoisotopic (exact) mass is 346 g/mol. The third-order valence-electron chi connectivity index (χ3n) is 4.00. The highest BCUT2D eigenvalue weighted by molar-refractivity contribution is 7.13. The van der Waals surface area contributed by atoms with Crippen molar-refractivity contribution in [2.75, 3.05) is 26.8 Å². The van der Waals surface area contributed by atoms with Gasteiger partial charge in [-0.3, -0.25) is 4.79 Å². The lowest BCUT2D eigenvalue weighted by atomic mass is 10.1. The Morgan fingerprint density at radius 1 is 1.38 bits per heavy atom. The zero-order valence-electron chi connectivity index (χ0n) is 14.2. The molecule has 1 saturated heterocycles. The average Bonchev–Trinajstić information content (AvgIpc) is 3.02. The van der Waals surface area contributed by atoms with Crippen molar-refractivity contribution < 1.29 is 14.3 Å². The number of aromatic nitrogens is 1. The summed E-state index contributed by atoms with van der Waals surface area (Å²) in [6.07, 6.45) is 0.336. The SMILES string of the molecule is COc1ccc(-c2nc(CC(=O)N3CCOC(C)(C)C3)cs2)cc1. The van der Waals surface area contributed by atoms with Crippen molar-refractivity contribution in [2.24, 2.45) is 0 Å². The molecule has 0 bridgehead atoms. The van der Waals surface area contributed by atoms with Gasteiger partial charge < -0.3 is 14.4 Å². The van der Waals surface area contributed by atoms with Gasteiger partial charge in [0.05, 0.1) is 31.4 Å². The van der Waals surface area contributed by atoms with Crippen molar-refractivity contribution in [1.29, 1.82) is 0 Å². The zero-order chi connectivity index (χ0) is 17.2. The number of hydrogen-bond acceptors (Lipinski definition) is 5. The lowest BCUT2D eigenvalue weighted by Crippen LogP contribution is -2.51. The van der Waals surface area contributed by atoms with Crippen LogP contribution in [0.25, 0.3) is 10.6 Å². The van der Waals surface area contributed by atoms with Crippen molar-refractivity contribution in [3.8, 4) is 16.3 Å². The predicted octanol–water partition coefficient (Wildman–Crippen LogP) is 3.00. The zero-order valence-corrected chi connectivity index (χ0v) is 15.1. The van der Waals surface area contributed by atoms with Crippen LogP contribution < -0.4 is 4.74 Å². The molecule has 0 aliphatic carbocycles. The standard InChI is InChI=1S/C18H22N2O3S/c1-18(2)12-20(8-9-23-18)16(21)10-14-11-24-17(19-14)13-4-6-15(22-3)7-5-13/h4-7,11H,8-10,12H2,1-3H3. The quantitative estimate of drug-likeness (QED) is 0.854. The molecule has 24 heavy (non-hydrogen) atoms. The smallest absolute Gasteiger partial charge is 0.228 e. The van der Waals surface area contributed by atoms with Crippen LogP contribution in [-0.2, 0) is 16.0 Å². The lowest BCUT2D eigenvalue weighted by Gasteiger charge is -2.38. The molecule has 6 heteroatoms. The van der Waals surface area contributed by atoms with Crippen molar-refractivity contribution in [1.82, 2.24) is 9.88 Å². The third kappa shape index (κ3) is 3.94. The number of methoxy groups -OCH3 is 1. The topological polar surface area (TPSA) is 51.7 Å². The van der Waals surface area contributed by atoms with E-state index >= 15 is 0 Å². The molecule has 0 saturated carbocycles. The van der Waals surface area contributed by atoms with Crippen LogP contribution in [0.5, 0.6) is 5.75 Å². The second kappa shape index (κ2) is 6.91. The van der Waals surface area contributed by atoms with Gasteiger partial charge in [0.15, 0.2) is 0 Å². The van der Waals surface area contributed by atoms with E-state index in [9.17, 15) is 4.79 Å². The molecule has 0 radical (unpaired) electrons. The number of morpholine rings is 1. The van der Waals surface area contributed by atoms with Gasteiger partial charge >= 0.3 is 0 Å². The molecule has 128 valence electrons. The number of thiazole rings is 1. The Balaban J connectivity index is 1.66. The van der Waals surface area contributed by atoms with Crippen LogP contribution in [0.1, 0.15) is 19.5 Å². The number of benzene rings is 1. The minimum atomic E-state index is -0.274. The number of nitrogens with zero attached hydrogens (tertiary/aromatic N) is 2. The molecule has 0 atom stereocenters. The summed E-state index contributed by atoms with van der Waals surface area (Å²) in [5.74, 6) is 0.929. The van der Waals surface area contributed by atoms with Gasteiger partial charge in [0.2, 0.25) is 5.91 Å². The maximum atomic E-state index is 12.5. The number of carbonyl (C=O) groups is 1. The molecule has 5 nitrogen and oxygen atoms in total. The fourth-order valence-corrected chi connectivity index (χ4v) is 3.58. The molecule has 1 amide bonds. The van der Waals surface area contributed by atoms with Gasteiger partial charge in [0.1, 0.15) is 10.8 Å². The molecule has 1 aromatic heterocycles. The average molecular weight is 346 g/mol. The molecule has 0 N–H and O–H groups in total. The molecule has 0 unspecified atom stereocenters. The summed E-state index contributed by atoms with van der Waals surface area (Å²) in [4.78, 5) is 19.0. The van der Waals surface area contributed by atoms with Crippen LogP contribution in [0.2, 0.25) is 0 Å². The van der Waals surface area contributed by atoms with Crippen LogP contribution in [0.3, 0.4) is 0 Å². The van der Waals surface area contributed by atoms with Gasteiger partial charge in [-0.25, -0.2) is 4.98 Å². The van der Waals surface area contributed by atoms with E-state index in [1.807, 2.05) is 48.4 Å². The Kier molecular flexibility index (Phi) is 4.87. The minimum absolute atomic E-state index is 0.109. The second-order valence-corrected chi connectivity index (χ2v) is 7.33. The predicted molar refractivity (Wildman–Crippen MR) is 94.4 cm³/mol. The number of ether oxygens (including phenoxy) is 2. The maximum absolute atomic E-state index is 12.5. The van der Waals surface area contributed by atoms with Crippen LogP contribution in [-0.4, -0.2) is 48.2 Å². The first-order valence-corrected chi connectivity index (χ1v) is 8.85. The van der Waals surface area contributed by atoms with E-state index in [1.54, 1.807) is 18.4 Å². The van der Waals surface area contributed by atoms with E-state index in [2.05, 4.69) is 4.98 Å². The molecule has 1 aromatic carbocycles. The Labute approximate surface area is 146 Å². The summed E-state index contributed by atoms with van der Waals surface area (Å²) in [5, 5.41) is 2.88. The molecule has 1 fully saturated rings. The number of rotatable bonds is 4. The fraction of sp³-hybridized carbons (Fsp3) is 0.444. The van der Waals surface area contributed by atoms with E-state index in [0.29, 0.717) is 26.1 Å². The van der Waals surface area contributed by atoms with Crippen molar-refractivity contribution in [3.63, 3.8) is 0 Å². The van der Waals surface area contributed by atoms with Crippen LogP contribution >= 0.6 is 11.3 Å². The van der Waals surface area contributed by atoms with Crippen molar-refractivity contribution in [2.45, 2.75) is 25.9 Å². The minimum Gasteiger partial charge on any atom is -0.497 e. The first-order chi connectivity index (χ1) is 11.5. The molecule has 1 aliphatic rings. The third-order valence-corrected chi connectivity index (χ3v) is 4.94. The highest BCUT2D eigenvalue weighted by Crippen LogP contribution is 2.26. The summed E-state index contributed by atoms with van der Waals surface area (Å²) in [6.45, 7) is 5.89. The Morgan fingerprint density at radius 2 is 2.12 bits per heavy atom. The second-order valence-electron chi connectivity index (χ2n) is 6.47. The van der Waals surface area contributed by atoms with Crippen molar-refractivity contribution in [3.05, 3.63) is 35.3 Å². The Morgan fingerprint density at radius 3 is 2.79 bits per heavy atom. The highest BCUT2D eigenvalue weighted by Gasteiger charge is 2.30. The number of amides is 1. The van der Waals surface area contributed by atoms with Gasteiger partial charge in [0, 0.05) is 24.0 Å². The van der Waals surface area contributed by atoms with E-state index in [-0.39, 0.29) is 11.5 Å². The molecule has 2 aromatic rings. The van der Waals surface area contributed by atoms with E-state index in [0.717, 1.165) is 22.0 Å².